The molecule has 0 spiro atoms. The number of amides is 1. The first-order valence-electron chi connectivity index (χ1n) is 8.85. The molecular weight excluding hydrogens is 356 g/mol. The maximum absolute atomic E-state index is 12.1. The van der Waals surface area contributed by atoms with E-state index in [1.807, 2.05) is 42.5 Å². The van der Waals surface area contributed by atoms with Gasteiger partial charge in [-0.1, -0.05) is 54.6 Å². The molecule has 0 aromatic heterocycles. The lowest BCUT2D eigenvalue weighted by molar-refractivity contribution is 0.269. The number of anilines is 1. The lowest BCUT2D eigenvalue weighted by Crippen LogP contribution is -2.15. The molecule has 4 rings (SSSR count). The number of carbonyl (C=O) groups is 1. The first-order chi connectivity index (χ1) is 13.3. The van der Waals surface area contributed by atoms with Gasteiger partial charge in [0.05, 0.1) is 0 Å². The van der Waals surface area contributed by atoms with Crippen LogP contribution in [0.3, 0.4) is 0 Å². The van der Waals surface area contributed by atoms with Crippen LogP contribution in [0.25, 0.3) is 0 Å². The quantitative estimate of drug-likeness (QED) is 0.600. The second-order valence-corrected chi connectivity index (χ2v) is 7.21. The van der Waals surface area contributed by atoms with E-state index in [1.54, 1.807) is 0 Å². The Morgan fingerprint density at radius 1 is 0.926 bits per heavy atom. The summed E-state index contributed by atoms with van der Waals surface area (Å²) in [5, 5.41) is 2.65. The molecule has 1 aliphatic rings. The molecule has 1 N–H and O–H groups in total. The van der Waals surface area contributed by atoms with Crippen LogP contribution in [-0.2, 0) is 19.6 Å². The predicted molar refractivity (Wildman–Crippen MR) is 110 cm³/mol. The fraction of sp³-hybridized carbons (Fsp3) is 0.136. The highest BCUT2D eigenvalue weighted by Crippen LogP contribution is 2.27. The standard InChI is InChI=1S/C22H20N2O2S/c25-22(27-26-21-9-5-2-6-10-21)23-20-12-11-18-15-24(16-19(18)13-20)14-17-7-3-1-4-8-17/h1-13H,14-16H2,(H,23,25). The topological polar surface area (TPSA) is 41.6 Å². The summed E-state index contributed by atoms with van der Waals surface area (Å²) in [6.07, 6.45) is 0. The molecule has 1 amide bonds. The van der Waals surface area contributed by atoms with Gasteiger partial charge in [-0.3, -0.25) is 9.69 Å². The molecule has 136 valence electrons. The molecule has 0 aliphatic carbocycles. The number of para-hydroxylation sites is 1. The van der Waals surface area contributed by atoms with Crippen molar-refractivity contribution < 1.29 is 8.98 Å². The van der Waals surface area contributed by atoms with Crippen molar-refractivity contribution in [2.24, 2.45) is 0 Å². The summed E-state index contributed by atoms with van der Waals surface area (Å²) in [6, 6.07) is 25.9. The molecule has 1 heterocycles. The molecule has 0 atom stereocenters. The Morgan fingerprint density at radius 2 is 1.63 bits per heavy atom. The number of fused-ring (bicyclic) bond motifs is 1. The highest BCUT2D eigenvalue weighted by molar-refractivity contribution is 8.10. The van der Waals surface area contributed by atoms with Gasteiger partial charge in [0.15, 0.2) is 12.0 Å². The summed E-state index contributed by atoms with van der Waals surface area (Å²) in [5.41, 5.74) is 4.69. The molecule has 0 unspecified atom stereocenters. The van der Waals surface area contributed by atoms with E-state index in [4.69, 9.17) is 4.18 Å². The van der Waals surface area contributed by atoms with E-state index in [-0.39, 0.29) is 5.24 Å². The monoisotopic (exact) mass is 376 g/mol. The summed E-state index contributed by atoms with van der Waals surface area (Å²) >= 11 is 0.800. The third kappa shape index (κ3) is 4.70. The van der Waals surface area contributed by atoms with Gasteiger partial charge in [0.1, 0.15) is 5.75 Å². The molecule has 0 bridgehead atoms. The van der Waals surface area contributed by atoms with E-state index in [0.29, 0.717) is 5.75 Å². The Kier molecular flexibility index (Phi) is 5.42. The molecule has 27 heavy (non-hydrogen) atoms. The predicted octanol–water partition coefficient (Wildman–Crippen LogP) is 5.46. The molecule has 0 fully saturated rings. The number of nitrogens with zero attached hydrogens (tertiary/aromatic N) is 1. The number of hydrogen-bond donors (Lipinski definition) is 1. The van der Waals surface area contributed by atoms with Crippen molar-refractivity contribution in [1.29, 1.82) is 0 Å². The largest absolute Gasteiger partial charge is 0.416 e. The first-order valence-corrected chi connectivity index (χ1v) is 9.59. The third-order valence-corrected chi connectivity index (χ3v) is 4.98. The van der Waals surface area contributed by atoms with Crippen LogP contribution >= 0.6 is 12.0 Å². The lowest BCUT2D eigenvalue weighted by Gasteiger charge is -2.14. The van der Waals surface area contributed by atoms with Crippen molar-refractivity contribution in [3.05, 3.63) is 95.6 Å². The maximum Gasteiger partial charge on any atom is 0.322 e. The minimum Gasteiger partial charge on any atom is -0.416 e. The van der Waals surface area contributed by atoms with Crippen molar-refractivity contribution in [1.82, 2.24) is 4.90 Å². The van der Waals surface area contributed by atoms with Crippen LogP contribution in [0.2, 0.25) is 0 Å². The minimum atomic E-state index is -0.238. The molecule has 4 nitrogen and oxygen atoms in total. The highest BCUT2D eigenvalue weighted by atomic mass is 32.2. The number of carbonyl (C=O) groups excluding carboxylic acids is 1. The van der Waals surface area contributed by atoms with Crippen molar-refractivity contribution in [2.75, 3.05) is 5.32 Å². The van der Waals surface area contributed by atoms with Gasteiger partial charge < -0.3 is 9.50 Å². The van der Waals surface area contributed by atoms with Crippen LogP contribution in [0.15, 0.2) is 78.9 Å². The second kappa shape index (κ2) is 8.29. The van der Waals surface area contributed by atoms with Gasteiger partial charge in [0.2, 0.25) is 0 Å². The first kappa shape index (κ1) is 17.6. The van der Waals surface area contributed by atoms with Crippen molar-refractivity contribution in [3.8, 4) is 5.75 Å². The van der Waals surface area contributed by atoms with Gasteiger partial charge >= 0.3 is 5.24 Å². The summed E-state index contributed by atoms with van der Waals surface area (Å²) < 4.78 is 5.41. The van der Waals surface area contributed by atoms with E-state index in [2.05, 4.69) is 46.6 Å². The Hall–Kier alpha value is -2.76. The number of rotatable bonds is 5. The smallest absolute Gasteiger partial charge is 0.322 e. The molecule has 0 saturated carbocycles. The van der Waals surface area contributed by atoms with Crippen LogP contribution < -0.4 is 9.50 Å². The van der Waals surface area contributed by atoms with Crippen molar-refractivity contribution >= 4 is 23.0 Å². The Morgan fingerprint density at radius 3 is 2.41 bits per heavy atom. The van der Waals surface area contributed by atoms with Gasteiger partial charge in [-0.05, 0) is 41.0 Å². The lowest BCUT2D eigenvalue weighted by atomic mass is 10.1. The van der Waals surface area contributed by atoms with Gasteiger partial charge in [-0.15, -0.1) is 0 Å². The van der Waals surface area contributed by atoms with Crippen molar-refractivity contribution in [3.63, 3.8) is 0 Å². The van der Waals surface area contributed by atoms with E-state index < -0.39 is 0 Å². The Balaban J connectivity index is 1.33. The second-order valence-electron chi connectivity index (χ2n) is 6.51. The van der Waals surface area contributed by atoms with Gasteiger partial charge in [0.25, 0.3) is 0 Å². The molecule has 1 aliphatic heterocycles. The zero-order chi connectivity index (χ0) is 18.5. The zero-order valence-electron chi connectivity index (χ0n) is 14.8. The summed E-state index contributed by atoms with van der Waals surface area (Å²) in [5.74, 6) is 0.656. The van der Waals surface area contributed by atoms with Crippen LogP contribution in [0.5, 0.6) is 5.75 Å². The average molecular weight is 376 g/mol. The Bertz CT molecular complexity index is 916. The SMILES string of the molecule is O=C(Nc1ccc2c(c1)CN(Cc1ccccc1)C2)SOc1ccccc1. The average Bonchev–Trinajstić information content (AvgIpc) is 3.09. The summed E-state index contributed by atoms with van der Waals surface area (Å²) in [4.78, 5) is 14.5. The number of hydrogen-bond acceptors (Lipinski definition) is 4. The molecule has 0 radical (unpaired) electrons. The van der Waals surface area contributed by atoms with Gasteiger partial charge in [-0.25, -0.2) is 0 Å². The Labute approximate surface area is 163 Å². The van der Waals surface area contributed by atoms with E-state index in [0.717, 1.165) is 37.4 Å². The minimum absolute atomic E-state index is 0.238. The van der Waals surface area contributed by atoms with Crippen LogP contribution in [-0.4, -0.2) is 10.1 Å². The molecule has 3 aromatic carbocycles. The third-order valence-electron chi connectivity index (χ3n) is 4.45. The van der Waals surface area contributed by atoms with Crippen LogP contribution in [0.1, 0.15) is 16.7 Å². The zero-order valence-corrected chi connectivity index (χ0v) is 15.6. The van der Waals surface area contributed by atoms with Gasteiger partial charge in [0, 0.05) is 25.3 Å². The highest BCUT2D eigenvalue weighted by Gasteiger charge is 2.19. The van der Waals surface area contributed by atoms with E-state index >= 15 is 0 Å². The maximum atomic E-state index is 12.1. The number of nitrogens with one attached hydrogen (secondary N) is 1. The molecule has 3 aromatic rings. The normalized spacial score (nSPS) is 13.2. The van der Waals surface area contributed by atoms with E-state index in [1.165, 1.54) is 16.7 Å². The number of benzene rings is 3. The van der Waals surface area contributed by atoms with Gasteiger partial charge in [-0.2, -0.15) is 0 Å². The molecular formula is C22H20N2O2S. The fourth-order valence-electron chi connectivity index (χ4n) is 3.20. The fourth-order valence-corrected chi connectivity index (χ4v) is 3.64. The van der Waals surface area contributed by atoms with Crippen LogP contribution in [0, 0.1) is 0 Å². The van der Waals surface area contributed by atoms with Crippen LogP contribution in [0.4, 0.5) is 10.5 Å². The van der Waals surface area contributed by atoms with Crippen molar-refractivity contribution in [2.45, 2.75) is 19.6 Å². The summed E-state index contributed by atoms with van der Waals surface area (Å²) in [7, 11) is 0. The van der Waals surface area contributed by atoms with E-state index in [9.17, 15) is 4.79 Å². The molecule has 0 saturated heterocycles. The summed E-state index contributed by atoms with van der Waals surface area (Å²) in [6.45, 7) is 2.75. The molecule has 5 heteroatoms.